The van der Waals surface area contributed by atoms with Crippen LogP contribution >= 0.6 is 35.0 Å². The van der Waals surface area contributed by atoms with E-state index in [0.29, 0.717) is 10.6 Å². The maximum Gasteiger partial charge on any atom is 0.289 e. The minimum absolute atomic E-state index is 0.189. The first-order valence-electron chi connectivity index (χ1n) is 4.35. The number of pyridine rings is 1. The summed E-state index contributed by atoms with van der Waals surface area (Å²) in [4.78, 5) is 27.7. The van der Waals surface area contributed by atoms with E-state index in [-0.39, 0.29) is 28.6 Å². The molecule has 16 heavy (non-hydrogen) atoms. The van der Waals surface area contributed by atoms with Gasteiger partial charge in [0.2, 0.25) is 5.91 Å². The second-order valence-electron chi connectivity index (χ2n) is 3.15. The number of thioether (sulfide) groups is 1. The van der Waals surface area contributed by atoms with Gasteiger partial charge >= 0.3 is 0 Å². The molecule has 0 bridgehead atoms. The molecule has 84 valence electrons. The van der Waals surface area contributed by atoms with E-state index in [1.54, 1.807) is 6.07 Å². The van der Waals surface area contributed by atoms with Gasteiger partial charge in [-0.2, -0.15) is 0 Å². The van der Waals surface area contributed by atoms with E-state index in [2.05, 4.69) is 4.98 Å². The van der Waals surface area contributed by atoms with Crippen LogP contribution in [0.4, 0.5) is 4.79 Å². The molecule has 0 unspecified atom stereocenters. The average Bonchev–Trinajstić information content (AvgIpc) is 2.55. The van der Waals surface area contributed by atoms with Crippen molar-refractivity contribution < 1.29 is 9.59 Å². The van der Waals surface area contributed by atoms with Crippen molar-refractivity contribution in [1.29, 1.82) is 0 Å². The number of carbonyl (C=O) groups is 2. The number of imide groups is 1. The molecule has 0 spiro atoms. The Morgan fingerprint density at radius 1 is 1.44 bits per heavy atom. The number of hydrogen-bond donors (Lipinski definition) is 0. The highest BCUT2D eigenvalue weighted by Crippen LogP contribution is 2.24. The third-order valence-electron chi connectivity index (χ3n) is 2.03. The van der Waals surface area contributed by atoms with Gasteiger partial charge in [0.1, 0.15) is 5.15 Å². The zero-order valence-corrected chi connectivity index (χ0v) is 10.3. The van der Waals surface area contributed by atoms with Crippen molar-refractivity contribution in [3.05, 3.63) is 28.0 Å². The predicted molar refractivity (Wildman–Crippen MR) is 62.7 cm³/mol. The zero-order chi connectivity index (χ0) is 11.7. The Morgan fingerprint density at radius 2 is 2.19 bits per heavy atom. The van der Waals surface area contributed by atoms with Crippen molar-refractivity contribution in [2.45, 2.75) is 6.54 Å². The molecular formula is C9H6Cl2N2O2S. The summed E-state index contributed by atoms with van der Waals surface area (Å²) in [6, 6.07) is 1.60. The zero-order valence-electron chi connectivity index (χ0n) is 7.94. The predicted octanol–water partition coefficient (Wildman–Crippen LogP) is 2.58. The molecule has 4 nitrogen and oxygen atoms in total. The molecule has 2 rings (SSSR count). The third kappa shape index (κ3) is 2.31. The number of hydrogen-bond acceptors (Lipinski definition) is 4. The highest BCUT2D eigenvalue weighted by atomic mass is 35.5. The molecule has 0 N–H and O–H groups in total. The van der Waals surface area contributed by atoms with Gasteiger partial charge in [-0.3, -0.25) is 14.5 Å². The van der Waals surface area contributed by atoms with E-state index >= 15 is 0 Å². The van der Waals surface area contributed by atoms with Crippen molar-refractivity contribution in [2.24, 2.45) is 0 Å². The van der Waals surface area contributed by atoms with Crippen molar-refractivity contribution >= 4 is 46.1 Å². The van der Waals surface area contributed by atoms with Crippen LogP contribution in [0.1, 0.15) is 5.56 Å². The Bertz CT molecular complexity index is 451. The molecule has 0 radical (unpaired) electrons. The van der Waals surface area contributed by atoms with Crippen molar-refractivity contribution in [3.63, 3.8) is 0 Å². The molecular weight excluding hydrogens is 271 g/mol. The number of nitrogens with zero attached hydrogens (tertiary/aromatic N) is 2. The fraction of sp³-hybridized carbons (Fsp3) is 0.222. The SMILES string of the molecule is O=C1CSC(=O)N1Cc1cnc(Cl)c(Cl)c1. The van der Waals surface area contributed by atoms with Gasteiger partial charge in [-0.05, 0) is 11.6 Å². The molecule has 1 saturated heterocycles. The lowest BCUT2D eigenvalue weighted by Gasteiger charge is -2.12. The molecule has 1 aromatic heterocycles. The molecule has 1 aliphatic heterocycles. The van der Waals surface area contributed by atoms with Gasteiger partial charge in [0.15, 0.2) is 0 Å². The lowest BCUT2D eigenvalue weighted by molar-refractivity contribution is -0.125. The van der Waals surface area contributed by atoms with Crippen LogP contribution in [0.2, 0.25) is 10.2 Å². The summed E-state index contributed by atoms with van der Waals surface area (Å²) in [7, 11) is 0. The summed E-state index contributed by atoms with van der Waals surface area (Å²) in [5.74, 6) is 0.00852. The molecule has 2 heterocycles. The van der Waals surface area contributed by atoms with E-state index in [1.807, 2.05) is 0 Å². The first-order chi connectivity index (χ1) is 7.58. The van der Waals surface area contributed by atoms with Gasteiger partial charge in [-0.25, -0.2) is 4.98 Å². The lowest BCUT2D eigenvalue weighted by atomic mass is 10.2. The van der Waals surface area contributed by atoms with E-state index < -0.39 is 0 Å². The molecule has 2 amide bonds. The van der Waals surface area contributed by atoms with Gasteiger partial charge < -0.3 is 0 Å². The summed E-state index contributed by atoms with van der Waals surface area (Å²) >= 11 is 12.4. The lowest BCUT2D eigenvalue weighted by Crippen LogP contribution is -2.27. The summed E-state index contributed by atoms with van der Waals surface area (Å²) < 4.78 is 0. The Balaban J connectivity index is 2.17. The van der Waals surface area contributed by atoms with Crippen LogP contribution in [0.25, 0.3) is 0 Å². The number of rotatable bonds is 2. The molecule has 0 aliphatic carbocycles. The van der Waals surface area contributed by atoms with Crippen LogP contribution in [-0.2, 0) is 11.3 Å². The standard InChI is InChI=1S/C9H6Cl2N2O2S/c10-6-1-5(2-12-8(6)11)3-13-7(14)4-16-9(13)15/h1-2H,3-4H2. The minimum atomic E-state index is -0.240. The van der Waals surface area contributed by atoms with Gasteiger partial charge in [-0.15, -0.1) is 0 Å². The van der Waals surface area contributed by atoms with Gasteiger partial charge in [0, 0.05) is 6.20 Å². The fourth-order valence-corrected chi connectivity index (χ4v) is 2.28. The molecule has 0 saturated carbocycles. The molecule has 0 atom stereocenters. The van der Waals surface area contributed by atoms with Crippen LogP contribution in [-0.4, -0.2) is 26.8 Å². The van der Waals surface area contributed by atoms with Crippen LogP contribution in [0.5, 0.6) is 0 Å². The molecule has 7 heteroatoms. The van der Waals surface area contributed by atoms with Crippen LogP contribution in [0, 0.1) is 0 Å². The second-order valence-corrected chi connectivity index (χ2v) is 4.84. The van der Waals surface area contributed by atoms with E-state index in [9.17, 15) is 9.59 Å². The summed E-state index contributed by atoms with van der Waals surface area (Å²) in [5, 5.41) is 0.279. The Labute approximate surface area is 106 Å². The molecule has 1 aromatic rings. The molecule has 1 aliphatic rings. The summed E-state index contributed by atoms with van der Waals surface area (Å²) in [5.41, 5.74) is 0.679. The number of carbonyl (C=O) groups excluding carboxylic acids is 2. The van der Waals surface area contributed by atoms with Crippen LogP contribution < -0.4 is 0 Å². The van der Waals surface area contributed by atoms with Crippen LogP contribution in [0.15, 0.2) is 12.3 Å². The highest BCUT2D eigenvalue weighted by molar-refractivity contribution is 8.14. The molecule has 0 aromatic carbocycles. The van der Waals surface area contributed by atoms with E-state index in [4.69, 9.17) is 23.2 Å². The maximum absolute atomic E-state index is 11.3. The molecule has 1 fully saturated rings. The first-order valence-corrected chi connectivity index (χ1v) is 6.09. The average molecular weight is 277 g/mol. The number of aromatic nitrogens is 1. The van der Waals surface area contributed by atoms with Crippen molar-refractivity contribution in [3.8, 4) is 0 Å². The number of amides is 2. The number of halogens is 2. The maximum atomic E-state index is 11.3. The topological polar surface area (TPSA) is 50.3 Å². The van der Waals surface area contributed by atoms with E-state index in [1.165, 1.54) is 11.1 Å². The van der Waals surface area contributed by atoms with Crippen LogP contribution in [0.3, 0.4) is 0 Å². The van der Waals surface area contributed by atoms with Gasteiger partial charge in [0.25, 0.3) is 5.24 Å². The smallest absolute Gasteiger partial charge is 0.273 e. The first kappa shape index (κ1) is 11.7. The largest absolute Gasteiger partial charge is 0.289 e. The summed E-state index contributed by atoms with van der Waals surface area (Å²) in [6.07, 6.45) is 1.50. The fourth-order valence-electron chi connectivity index (χ4n) is 1.26. The normalized spacial score (nSPS) is 16.0. The van der Waals surface area contributed by atoms with E-state index in [0.717, 1.165) is 11.8 Å². The van der Waals surface area contributed by atoms with Crippen molar-refractivity contribution in [1.82, 2.24) is 9.88 Å². The quantitative estimate of drug-likeness (QED) is 0.780. The monoisotopic (exact) mass is 276 g/mol. The van der Waals surface area contributed by atoms with Gasteiger partial charge in [0.05, 0.1) is 17.3 Å². The minimum Gasteiger partial charge on any atom is -0.273 e. The Kier molecular flexibility index (Phi) is 3.37. The third-order valence-corrected chi connectivity index (χ3v) is 3.58. The summed E-state index contributed by atoms with van der Waals surface area (Å²) in [6.45, 7) is 0.189. The second kappa shape index (κ2) is 4.61. The van der Waals surface area contributed by atoms with Gasteiger partial charge in [-0.1, -0.05) is 35.0 Å². The Hall–Kier alpha value is -0.780. The Morgan fingerprint density at radius 3 is 2.75 bits per heavy atom. The highest BCUT2D eigenvalue weighted by Gasteiger charge is 2.29. The van der Waals surface area contributed by atoms with Crippen molar-refractivity contribution in [2.75, 3.05) is 5.75 Å².